The number of nitrogens with one attached hydrogen (secondary N) is 2. The Kier molecular flexibility index (Phi) is 5.81. The minimum atomic E-state index is -0.334. The number of hydrogen-bond donors (Lipinski definition) is 2. The molecule has 0 aliphatic rings. The van der Waals surface area contributed by atoms with Gasteiger partial charge < -0.3 is 10.6 Å². The fraction of sp³-hybridized carbons (Fsp3) is 0.182. The molecule has 3 rings (SSSR count). The maximum Gasteiger partial charge on any atom is 0.253 e. The largest absolute Gasteiger partial charge is 0.348 e. The van der Waals surface area contributed by atoms with Crippen molar-refractivity contribution in [3.8, 4) is 0 Å². The van der Waals surface area contributed by atoms with Gasteiger partial charge in [-0.3, -0.25) is 4.79 Å². The van der Waals surface area contributed by atoms with Crippen LogP contribution in [0.2, 0.25) is 0 Å². The molecule has 1 amide bonds. The highest BCUT2D eigenvalue weighted by Crippen LogP contribution is 2.19. The number of pyridine rings is 1. The molecule has 138 valence electrons. The van der Waals surface area contributed by atoms with Crippen LogP contribution in [0.15, 0.2) is 66.9 Å². The van der Waals surface area contributed by atoms with Crippen molar-refractivity contribution in [1.29, 1.82) is 0 Å². The molecule has 0 radical (unpaired) electrons. The number of carbonyl (C=O) groups excluding carboxylic acids is 1. The fourth-order valence-electron chi connectivity index (χ4n) is 2.62. The monoisotopic (exact) mass is 363 g/mol. The van der Waals surface area contributed by atoms with Crippen molar-refractivity contribution < 1.29 is 9.18 Å². The van der Waals surface area contributed by atoms with E-state index in [0.717, 1.165) is 5.69 Å². The molecule has 5 heteroatoms. The SMILES string of the molecule is CC(C)c1ccc(Nc2ccc(C(=O)NCc3ccccc3F)cn2)cc1. The van der Waals surface area contributed by atoms with E-state index in [4.69, 9.17) is 0 Å². The van der Waals surface area contributed by atoms with Crippen LogP contribution >= 0.6 is 0 Å². The molecule has 2 aromatic carbocycles. The molecular formula is C22H22FN3O. The Labute approximate surface area is 158 Å². The number of aromatic nitrogens is 1. The Bertz CT molecular complexity index is 906. The average molecular weight is 363 g/mol. The molecule has 4 nitrogen and oxygen atoms in total. The molecule has 0 aliphatic carbocycles. The molecule has 0 fully saturated rings. The standard InChI is InChI=1S/C22H22FN3O/c1-15(2)16-7-10-19(11-8-16)26-21-12-9-18(14-24-21)22(27)25-13-17-5-3-4-6-20(17)23/h3-12,14-15H,13H2,1-2H3,(H,24,26)(H,25,27). The maximum absolute atomic E-state index is 13.6. The minimum absolute atomic E-state index is 0.133. The summed E-state index contributed by atoms with van der Waals surface area (Å²) in [4.78, 5) is 16.5. The second kappa shape index (κ2) is 8.45. The summed E-state index contributed by atoms with van der Waals surface area (Å²) in [5, 5.41) is 5.91. The first-order valence-corrected chi connectivity index (χ1v) is 8.87. The Morgan fingerprint density at radius 2 is 1.78 bits per heavy atom. The second-order valence-electron chi connectivity index (χ2n) is 6.61. The van der Waals surface area contributed by atoms with E-state index in [0.29, 0.717) is 22.9 Å². The van der Waals surface area contributed by atoms with Gasteiger partial charge in [0.25, 0.3) is 5.91 Å². The maximum atomic E-state index is 13.6. The first-order chi connectivity index (χ1) is 13.0. The van der Waals surface area contributed by atoms with Gasteiger partial charge in [0.2, 0.25) is 0 Å². The van der Waals surface area contributed by atoms with Crippen molar-refractivity contribution in [3.05, 3.63) is 89.4 Å². The van der Waals surface area contributed by atoms with Gasteiger partial charge in [-0.1, -0.05) is 44.2 Å². The van der Waals surface area contributed by atoms with Crippen LogP contribution in [0, 0.1) is 5.82 Å². The van der Waals surface area contributed by atoms with Gasteiger partial charge in [-0.2, -0.15) is 0 Å². The van der Waals surface area contributed by atoms with E-state index in [9.17, 15) is 9.18 Å². The van der Waals surface area contributed by atoms with E-state index >= 15 is 0 Å². The first-order valence-electron chi connectivity index (χ1n) is 8.87. The lowest BCUT2D eigenvalue weighted by Crippen LogP contribution is -2.23. The van der Waals surface area contributed by atoms with Crippen molar-refractivity contribution in [2.45, 2.75) is 26.3 Å². The van der Waals surface area contributed by atoms with Crippen LogP contribution in [-0.4, -0.2) is 10.9 Å². The summed E-state index contributed by atoms with van der Waals surface area (Å²) in [6.07, 6.45) is 1.50. The van der Waals surface area contributed by atoms with Crippen LogP contribution in [-0.2, 0) is 6.54 Å². The van der Waals surface area contributed by atoms with Gasteiger partial charge in [0.1, 0.15) is 11.6 Å². The molecule has 3 aromatic rings. The lowest BCUT2D eigenvalue weighted by atomic mass is 10.0. The topological polar surface area (TPSA) is 54.0 Å². The zero-order chi connectivity index (χ0) is 19.2. The van der Waals surface area contributed by atoms with Gasteiger partial charge in [-0.25, -0.2) is 9.37 Å². The van der Waals surface area contributed by atoms with Crippen LogP contribution in [0.25, 0.3) is 0 Å². The third-order valence-corrected chi connectivity index (χ3v) is 4.27. The van der Waals surface area contributed by atoms with Crippen molar-refractivity contribution in [2.75, 3.05) is 5.32 Å². The van der Waals surface area contributed by atoms with Crippen LogP contribution in [0.4, 0.5) is 15.9 Å². The average Bonchev–Trinajstić information content (AvgIpc) is 2.68. The molecule has 1 aromatic heterocycles. The van der Waals surface area contributed by atoms with E-state index in [-0.39, 0.29) is 18.3 Å². The summed E-state index contributed by atoms with van der Waals surface area (Å²) >= 11 is 0. The van der Waals surface area contributed by atoms with E-state index in [1.807, 2.05) is 12.1 Å². The molecule has 0 aliphatic heterocycles. The van der Waals surface area contributed by atoms with Gasteiger partial charge in [-0.15, -0.1) is 0 Å². The number of rotatable bonds is 6. The van der Waals surface area contributed by atoms with Gasteiger partial charge in [0.05, 0.1) is 5.56 Å². The zero-order valence-corrected chi connectivity index (χ0v) is 15.4. The normalized spacial score (nSPS) is 10.7. The Balaban J connectivity index is 1.59. The Morgan fingerprint density at radius 3 is 2.41 bits per heavy atom. The molecule has 0 bridgehead atoms. The summed E-state index contributed by atoms with van der Waals surface area (Å²) in [7, 11) is 0. The third kappa shape index (κ3) is 4.91. The predicted molar refractivity (Wildman–Crippen MR) is 106 cm³/mol. The molecule has 0 atom stereocenters. The minimum Gasteiger partial charge on any atom is -0.348 e. The first kappa shape index (κ1) is 18.6. The van der Waals surface area contributed by atoms with Gasteiger partial charge in [0.15, 0.2) is 0 Å². The van der Waals surface area contributed by atoms with E-state index in [2.05, 4.69) is 41.6 Å². The molecule has 0 saturated carbocycles. The summed E-state index contributed by atoms with van der Waals surface area (Å²) in [6.45, 7) is 4.44. The number of nitrogens with zero attached hydrogens (tertiary/aromatic N) is 1. The van der Waals surface area contributed by atoms with Gasteiger partial charge >= 0.3 is 0 Å². The van der Waals surface area contributed by atoms with Crippen LogP contribution in [0.3, 0.4) is 0 Å². The number of halogens is 1. The lowest BCUT2D eigenvalue weighted by molar-refractivity contribution is 0.0950. The third-order valence-electron chi connectivity index (χ3n) is 4.27. The summed E-state index contributed by atoms with van der Waals surface area (Å²) in [6, 6.07) is 18.0. The molecule has 0 spiro atoms. The molecule has 27 heavy (non-hydrogen) atoms. The highest BCUT2D eigenvalue weighted by Gasteiger charge is 2.08. The van der Waals surface area contributed by atoms with E-state index in [1.165, 1.54) is 17.8 Å². The summed E-state index contributed by atoms with van der Waals surface area (Å²) in [5.74, 6) is 0.509. The van der Waals surface area contributed by atoms with Crippen LogP contribution in [0.5, 0.6) is 0 Å². The van der Waals surface area contributed by atoms with Crippen LogP contribution in [0.1, 0.15) is 41.3 Å². The summed E-state index contributed by atoms with van der Waals surface area (Å²) < 4.78 is 13.6. The number of hydrogen-bond acceptors (Lipinski definition) is 3. The molecule has 0 saturated heterocycles. The van der Waals surface area contributed by atoms with Crippen LogP contribution < -0.4 is 10.6 Å². The van der Waals surface area contributed by atoms with Crippen molar-refractivity contribution >= 4 is 17.4 Å². The number of carbonyl (C=O) groups is 1. The molecular weight excluding hydrogens is 341 g/mol. The Hall–Kier alpha value is -3.21. The van der Waals surface area contributed by atoms with Gasteiger partial charge in [0, 0.05) is 24.0 Å². The predicted octanol–water partition coefficient (Wildman–Crippen LogP) is 5.02. The number of amides is 1. The Morgan fingerprint density at radius 1 is 1.04 bits per heavy atom. The van der Waals surface area contributed by atoms with Gasteiger partial charge in [-0.05, 0) is 41.8 Å². The van der Waals surface area contributed by atoms with Crippen molar-refractivity contribution in [3.63, 3.8) is 0 Å². The quantitative estimate of drug-likeness (QED) is 0.647. The van der Waals surface area contributed by atoms with Crippen molar-refractivity contribution in [2.24, 2.45) is 0 Å². The fourth-order valence-corrected chi connectivity index (χ4v) is 2.62. The highest BCUT2D eigenvalue weighted by atomic mass is 19.1. The molecule has 2 N–H and O–H groups in total. The molecule has 1 heterocycles. The molecule has 0 unspecified atom stereocenters. The zero-order valence-electron chi connectivity index (χ0n) is 15.4. The number of benzene rings is 2. The van der Waals surface area contributed by atoms with Crippen molar-refractivity contribution in [1.82, 2.24) is 10.3 Å². The lowest BCUT2D eigenvalue weighted by Gasteiger charge is -2.10. The summed E-state index contributed by atoms with van der Waals surface area (Å²) in [5.41, 5.74) is 3.08. The smallest absolute Gasteiger partial charge is 0.253 e. The van der Waals surface area contributed by atoms with E-state index < -0.39 is 0 Å². The highest BCUT2D eigenvalue weighted by molar-refractivity contribution is 5.94. The second-order valence-corrected chi connectivity index (χ2v) is 6.61. The van der Waals surface area contributed by atoms with E-state index in [1.54, 1.807) is 30.3 Å². The number of anilines is 2.